The van der Waals surface area contributed by atoms with E-state index < -0.39 is 41.5 Å². The number of rotatable bonds is 6. The SMILES string of the molecule is O=C(CNC(=O)c1ccc(NC(=O)NC2CC2)cc1)Nc1ccc(F)c(F)c1F. The molecule has 0 heterocycles. The quantitative estimate of drug-likeness (QED) is 0.555. The van der Waals surface area contributed by atoms with Crippen LogP contribution in [-0.2, 0) is 4.79 Å². The summed E-state index contributed by atoms with van der Waals surface area (Å²) in [5.41, 5.74) is 0.180. The van der Waals surface area contributed by atoms with E-state index >= 15 is 0 Å². The standard InChI is InChI=1S/C19H17F3N4O3/c20-13-7-8-14(17(22)16(13)21)26-15(27)9-23-18(28)10-1-3-11(4-2-10)24-19(29)25-12-5-6-12/h1-4,7-8,12H,5-6,9H2,(H,23,28)(H,26,27)(H2,24,25,29). The van der Waals surface area contributed by atoms with Gasteiger partial charge in [-0.3, -0.25) is 9.59 Å². The summed E-state index contributed by atoms with van der Waals surface area (Å²) in [5.74, 6) is -6.01. The lowest BCUT2D eigenvalue weighted by Gasteiger charge is -2.09. The fraction of sp³-hybridized carbons (Fsp3) is 0.211. The second kappa shape index (κ2) is 8.63. The molecule has 3 rings (SSSR count). The summed E-state index contributed by atoms with van der Waals surface area (Å²) in [6.07, 6.45) is 1.92. The van der Waals surface area contributed by atoms with Gasteiger partial charge in [-0.25, -0.2) is 18.0 Å². The first kappa shape index (κ1) is 20.2. The molecule has 152 valence electrons. The van der Waals surface area contributed by atoms with Crippen LogP contribution < -0.4 is 21.3 Å². The van der Waals surface area contributed by atoms with Crippen LogP contribution in [0.15, 0.2) is 36.4 Å². The van der Waals surface area contributed by atoms with Gasteiger partial charge < -0.3 is 21.3 Å². The van der Waals surface area contributed by atoms with Crippen LogP contribution in [0.25, 0.3) is 0 Å². The summed E-state index contributed by atoms with van der Waals surface area (Å²) in [4.78, 5) is 35.5. The highest BCUT2D eigenvalue weighted by Gasteiger charge is 2.23. The van der Waals surface area contributed by atoms with Gasteiger partial charge in [0.1, 0.15) is 0 Å². The van der Waals surface area contributed by atoms with Crippen molar-refractivity contribution in [3.8, 4) is 0 Å². The Hall–Kier alpha value is -3.56. The van der Waals surface area contributed by atoms with Crippen LogP contribution in [0, 0.1) is 17.5 Å². The average molecular weight is 406 g/mol. The first-order valence-corrected chi connectivity index (χ1v) is 8.72. The minimum atomic E-state index is -1.70. The Morgan fingerprint density at radius 3 is 2.24 bits per heavy atom. The van der Waals surface area contributed by atoms with Gasteiger partial charge in [0.2, 0.25) is 5.91 Å². The van der Waals surface area contributed by atoms with Gasteiger partial charge in [0.05, 0.1) is 12.2 Å². The number of carbonyl (C=O) groups is 3. The second-order valence-electron chi connectivity index (χ2n) is 6.40. The van der Waals surface area contributed by atoms with E-state index in [2.05, 4.69) is 16.0 Å². The predicted molar refractivity (Wildman–Crippen MR) is 98.9 cm³/mol. The highest BCUT2D eigenvalue weighted by Crippen LogP contribution is 2.20. The zero-order chi connectivity index (χ0) is 21.0. The zero-order valence-electron chi connectivity index (χ0n) is 15.0. The maximum atomic E-state index is 13.5. The van der Waals surface area contributed by atoms with E-state index in [1.165, 1.54) is 24.3 Å². The van der Waals surface area contributed by atoms with Crippen molar-refractivity contribution in [2.24, 2.45) is 0 Å². The van der Waals surface area contributed by atoms with E-state index in [0.29, 0.717) is 11.8 Å². The molecule has 4 N–H and O–H groups in total. The molecule has 0 spiro atoms. The van der Waals surface area contributed by atoms with Crippen LogP contribution in [0.1, 0.15) is 23.2 Å². The third kappa shape index (κ3) is 5.47. The maximum Gasteiger partial charge on any atom is 0.319 e. The highest BCUT2D eigenvalue weighted by molar-refractivity contribution is 5.99. The summed E-state index contributed by atoms with van der Waals surface area (Å²) >= 11 is 0. The van der Waals surface area contributed by atoms with E-state index in [1.54, 1.807) is 0 Å². The Kier molecular flexibility index (Phi) is 6.01. The largest absolute Gasteiger partial charge is 0.343 e. The van der Waals surface area contributed by atoms with E-state index in [0.717, 1.165) is 18.9 Å². The lowest BCUT2D eigenvalue weighted by molar-refractivity contribution is -0.115. The first-order chi connectivity index (χ1) is 13.8. The molecule has 29 heavy (non-hydrogen) atoms. The zero-order valence-corrected chi connectivity index (χ0v) is 15.0. The van der Waals surface area contributed by atoms with Crippen molar-refractivity contribution in [3.63, 3.8) is 0 Å². The number of urea groups is 1. The van der Waals surface area contributed by atoms with Crippen LogP contribution in [-0.4, -0.2) is 30.4 Å². The molecule has 7 nitrogen and oxygen atoms in total. The lowest BCUT2D eigenvalue weighted by atomic mass is 10.2. The number of benzene rings is 2. The summed E-state index contributed by atoms with van der Waals surface area (Å²) in [7, 11) is 0. The summed E-state index contributed by atoms with van der Waals surface area (Å²) in [6.45, 7) is -0.513. The predicted octanol–water partition coefficient (Wildman–Crippen LogP) is 2.76. The molecule has 10 heteroatoms. The van der Waals surface area contributed by atoms with Gasteiger partial charge in [-0.15, -0.1) is 0 Å². The highest BCUT2D eigenvalue weighted by atomic mass is 19.2. The summed E-state index contributed by atoms with van der Waals surface area (Å²) in [5, 5.41) is 9.75. The molecule has 1 saturated carbocycles. The van der Waals surface area contributed by atoms with E-state index in [9.17, 15) is 27.6 Å². The van der Waals surface area contributed by atoms with E-state index in [-0.39, 0.29) is 17.6 Å². The topological polar surface area (TPSA) is 99.3 Å². The molecule has 4 amide bonds. The van der Waals surface area contributed by atoms with Gasteiger partial charge in [0.15, 0.2) is 17.5 Å². The lowest BCUT2D eigenvalue weighted by Crippen LogP contribution is -2.33. The Morgan fingerprint density at radius 2 is 1.59 bits per heavy atom. The molecular formula is C19H17F3N4O3. The molecular weight excluding hydrogens is 389 g/mol. The molecule has 0 saturated heterocycles. The Bertz CT molecular complexity index is 946. The smallest absolute Gasteiger partial charge is 0.319 e. The number of halogens is 3. The van der Waals surface area contributed by atoms with Gasteiger partial charge in [-0.1, -0.05) is 0 Å². The second-order valence-corrected chi connectivity index (χ2v) is 6.40. The van der Waals surface area contributed by atoms with Crippen LogP contribution in [0.3, 0.4) is 0 Å². The van der Waals surface area contributed by atoms with Crippen LogP contribution in [0.4, 0.5) is 29.3 Å². The first-order valence-electron chi connectivity index (χ1n) is 8.72. The molecule has 1 aliphatic carbocycles. The number of amides is 4. The molecule has 1 fully saturated rings. The maximum absolute atomic E-state index is 13.5. The monoisotopic (exact) mass is 406 g/mol. The number of hydrogen-bond acceptors (Lipinski definition) is 3. The average Bonchev–Trinajstić information content (AvgIpc) is 3.51. The van der Waals surface area contributed by atoms with Crippen molar-refractivity contribution in [1.29, 1.82) is 0 Å². The number of carbonyl (C=O) groups excluding carboxylic acids is 3. The van der Waals surface area contributed by atoms with Crippen molar-refractivity contribution < 1.29 is 27.6 Å². The fourth-order valence-electron chi connectivity index (χ4n) is 2.36. The van der Waals surface area contributed by atoms with Crippen molar-refractivity contribution >= 4 is 29.2 Å². The van der Waals surface area contributed by atoms with Gasteiger partial charge in [-0.2, -0.15) is 0 Å². The van der Waals surface area contributed by atoms with E-state index in [1.807, 2.05) is 5.32 Å². The van der Waals surface area contributed by atoms with Crippen LogP contribution >= 0.6 is 0 Å². The third-order valence-corrected chi connectivity index (χ3v) is 4.04. The fourth-order valence-corrected chi connectivity index (χ4v) is 2.36. The molecule has 2 aromatic carbocycles. The van der Waals surface area contributed by atoms with Crippen LogP contribution in [0.2, 0.25) is 0 Å². The van der Waals surface area contributed by atoms with Crippen molar-refractivity contribution in [2.45, 2.75) is 18.9 Å². The number of hydrogen-bond donors (Lipinski definition) is 4. The minimum absolute atomic E-state index is 0.214. The van der Waals surface area contributed by atoms with Crippen molar-refractivity contribution in [1.82, 2.24) is 10.6 Å². The molecule has 0 radical (unpaired) electrons. The molecule has 0 aliphatic heterocycles. The van der Waals surface area contributed by atoms with Crippen molar-refractivity contribution in [2.75, 3.05) is 17.2 Å². The Balaban J connectivity index is 1.49. The third-order valence-electron chi connectivity index (χ3n) is 4.04. The van der Waals surface area contributed by atoms with Gasteiger partial charge in [0.25, 0.3) is 5.91 Å². The van der Waals surface area contributed by atoms with Crippen LogP contribution in [0.5, 0.6) is 0 Å². The molecule has 2 aromatic rings. The van der Waals surface area contributed by atoms with E-state index in [4.69, 9.17) is 0 Å². The molecule has 1 aliphatic rings. The Morgan fingerprint density at radius 1 is 0.897 bits per heavy atom. The number of nitrogens with one attached hydrogen (secondary N) is 4. The molecule has 0 atom stereocenters. The van der Waals surface area contributed by atoms with Gasteiger partial charge in [0, 0.05) is 17.3 Å². The summed E-state index contributed by atoms with van der Waals surface area (Å²) < 4.78 is 39.6. The van der Waals surface area contributed by atoms with Gasteiger partial charge in [-0.05, 0) is 49.2 Å². The molecule has 0 aromatic heterocycles. The molecule has 0 unspecified atom stereocenters. The number of anilines is 2. The summed E-state index contributed by atoms with van der Waals surface area (Å²) in [6, 6.07) is 7.39. The van der Waals surface area contributed by atoms with Gasteiger partial charge >= 0.3 is 6.03 Å². The normalized spacial score (nSPS) is 12.8. The molecule has 0 bridgehead atoms. The Labute approximate surface area is 163 Å². The minimum Gasteiger partial charge on any atom is -0.343 e. The van der Waals surface area contributed by atoms with Crippen molar-refractivity contribution in [3.05, 3.63) is 59.4 Å².